The van der Waals surface area contributed by atoms with E-state index in [2.05, 4.69) is 38.4 Å². The van der Waals surface area contributed by atoms with E-state index in [0.29, 0.717) is 5.92 Å². The molecule has 1 saturated carbocycles. The normalized spacial score (nSPS) is 14.5. The van der Waals surface area contributed by atoms with Crippen LogP contribution < -0.4 is 20.1 Å². The number of guanidine groups is 1. The highest BCUT2D eigenvalue weighted by Gasteiger charge is 2.13. The highest BCUT2D eigenvalue weighted by atomic mass is 127. The molecule has 3 rings (SSSR count). The molecule has 1 aliphatic carbocycles. The molecule has 1 aromatic heterocycles. The Morgan fingerprint density at radius 1 is 1.09 bits per heavy atom. The van der Waals surface area contributed by atoms with Crippen LogP contribution in [-0.4, -0.2) is 54.6 Å². The number of nitrogens with one attached hydrogen (secondary N) is 2. The van der Waals surface area contributed by atoms with Gasteiger partial charge in [0.2, 0.25) is 0 Å². The molecule has 0 amide bonds. The summed E-state index contributed by atoms with van der Waals surface area (Å²) >= 11 is 0. The number of methoxy groups -OCH3 is 2. The second-order valence-corrected chi connectivity index (χ2v) is 8.28. The third-order valence-electron chi connectivity index (χ3n) is 6.04. The lowest BCUT2D eigenvalue weighted by Gasteiger charge is -2.20. The van der Waals surface area contributed by atoms with Crippen molar-refractivity contribution >= 4 is 29.9 Å². The summed E-state index contributed by atoms with van der Waals surface area (Å²) in [7, 11) is 3.32. The van der Waals surface area contributed by atoms with Crippen LogP contribution in [0.3, 0.4) is 0 Å². The van der Waals surface area contributed by atoms with Crippen LogP contribution in [-0.2, 0) is 19.4 Å². The van der Waals surface area contributed by atoms with Crippen LogP contribution in [0.25, 0.3) is 0 Å². The van der Waals surface area contributed by atoms with Gasteiger partial charge in [-0.1, -0.05) is 32.3 Å². The minimum atomic E-state index is 0. The van der Waals surface area contributed by atoms with E-state index in [4.69, 9.17) is 14.5 Å². The molecule has 2 aromatic rings. The van der Waals surface area contributed by atoms with Gasteiger partial charge in [0.25, 0.3) is 0 Å². The van der Waals surface area contributed by atoms with Crippen molar-refractivity contribution < 1.29 is 9.47 Å². The van der Waals surface area contributed by atoms with Gasteiger partial charge in [0.05, 0.1) is 14.2 Å². The van der Waals surface area contributed by atoms with Crippen molar-refractivity contribution in [2.75, 3.05) is 33.9 Å². The highest BCUT2D eigenvalue weighted by Crippen LogP contribution is 2.27. The van der Waals surface area contributed by atoms with Crippen LogP contribution in [0.5, 0.6) is 11.5 Å². The van der Waals surface area contributed by atoms with E-state index in [-0.39, 0.29) is 24.0 Å². The smallest absolute Gasteiger partial charge is 0.191 e. The van der Waals surface area contributed by atoms with Gasteiger partial charge >= 0.3 is 0 Å². The zero-order valence-corrected chi connectivity index (χ0v) is 22.5. The predicted octanol–water partition coefficient (Wildman–Crippen LogP) is 3.83. The summed E-state index contributed by atoms with van der Waals surface area (Å²) in [5.74, 6) is 4.10. The second-order valence-electron chi connectivity index (χ2n) is 8.28. The average Bonchev–Trinajstić information content (AvgIpc) is 3.30. The van der Waals surface area contributed by atoms with Gasteiger partial charge in [-0.15, -0.1) is 34.2 Å². The Balaban J connectivity index is 0.00000385. The van der Waals surface area contributed by atoms with E-state index in [1.54, 1.807) is 20.5 Å². The molecule has 1 heterocycles. The summed E-state index contributed by atoms with van der Waals surface area (Å²) < 4.78 is 12.9. The summed E-state index contributed by atoms with van der Waals surface area (Å²) in [4.78, 5) is 4.91. The first-order valence-electron chi connectivity index (χ1n) is 11.8. The van der Waals surface area contributed by atoms with Crippen LogP contribution in [0.15, 0.2) is 29.5 Å². The Morgan fingerprint density at radius 2 is 1.85 bits per heavy atom. The quantitative estimate of drug-likeness (QED) is 0.243. The fourth-order valence-corrected chi connectivity index (χ4v) is 4.16. The number of halogens is 1. The molecule has 1 aliphatic rings. The van der Waals surface area contributed by atoms with Crippen LogP contribution in [0.4, 0.5) is 0 Å². The lowest BCUT2D eigenvalue weighted by molar-refractivity contribution is 0.354. The number of rotatable bonds is 11. The summed E-state index contributed by atoms with van der Waals surface area (Å²) in [5, 5.41) is 15.2. The summed E-state index contributed by atoms with van der Waals surface area (Å²) in [6.45, 7) is 5.37. The second kappa shape index (κ2) is 15.0. The maximum Gasteiger partial charge on any atom is 0.191 e. The molecule has 9 heteroatoms. The van der Waals surface area contributed by atoms with Gasteiger partial charge in [-0.25, -0.2) is 0 Å². The van der Waals surface area contributed by atoms with E-state index in [0.717, 1.165) is 62.3 Å². The monoisotopic (exact) mass is 570 g/mol. The summed E-state index contributed by atoms with van der Waals surface area (Å²) in [6, 6.07) is 6.06. The maximum atomic E-state index is 5.42. The summed E-state index contributed by atoms with van der Waals surface area (Å²) in [6.07, 6.45) is 10.2. The number of aliphatic imine (C=N–C) groups is 1. The fourth-order valence-electron chi connectivity index (χ4n) is 4.16. The average molecular weight is 571 g/mol. The van der Waals surface area contributed by atoms with Crippen molar-refractivity contribution in [2.24, 2.45) is 10.9 Å². The molecule has 1 fully saturated rings. The molecule has 0 radical (unpaired) electrons. The van der Waals surface area contributed by atoms with Gasteiger partial charge in [0, 0.05) is 32.6 Å². The molecule has 2 N–H and O–H groups in total. The van der Waals surface area contributed by atoms with Gasteiger partial charge in [0.1, 0.15) is 12.2 Å². The van der Waals surface area contributed by atoms with Crippen LogP contribution in [0.2, 0.25) is 0 Å². The molecule has 0 atom stereocenters. The zero-order valence-electron chi connectivity index (χ0n) is 20.2. The number of aromatic nitrogens is 3. The van der Waals surface area contributed by atoms with Crippen molar-refractivity contribution in [3.8, 4) is 11.5 Å². The van der Waals surface area contributed by atoms with E-state index in [9.17, 15) is 0 Å². The molecule has 0 saturated heterocycles. The molecule has 1 aromatic carbocycles. The number of nitrogens with zero attached hydrogens (tertiary/aromatic N) is 4. The third-order valence-corrected chi connectivity index (χ3v) is 6.04. The molecule has 8 nitrogen and oxygen atoms in total. The Morgan fingerprint density at radius 3 is 2.58 bits per heavy atom. The molecule has 0 bridgehead atoms. The first-order chi connectivity index (χ1) is 15.7. The van der Waals surface area contributed by atoms with Crippen LogP contribution >= 0.6 is 24.0 Å². The molecular formula is C24H39IN6O2. The first kappa shape index (κ1) is 27.2. The Hall–Kier alpha value is -2.04. The van der Waals surface area contributed by atoms with Crippen molar-refractivity contribution in [1.82, 2.24) is 25.4 Å². The number of benzene rings is 1. The van der Waals surface area contributed by atoms with Crippen molar-refractivity contribution in [3.05, 3.63) is 35.9 Å². The number of ether oxygens (including phenoxy) is 2. The maximum absolute atomic E-state index is 5.42. The predicted molar refractivity (Wildman–Crippen MR) is 143 cm³/mol. The van der Waals surface area contributed by atoms with Gasteiger partial charge in [-0.05, 0) is 42.9 Å². The molecule has 184 valence electrons. The number of hydrogen-bond acceptors (Lipinski definition) is 5. The lowest BCUT2D eigenvalue weighted by atomic mass is 9.89. The van der Waals surface area contributed by atoms with E-state index in [1.165, 1.54) is 37.7 Å². The number of aryl methyl sites for hydroxylation is 1. The summed E-state index contributed by atoms with van der Waals surface area (Å²) in [5.41, 5.74) is 1.19. The van der Waals surface area contributed by atoms with Gasteiger partial charge in [0.15, 0.2) is 17.5 Å². The van der Waals surface area contributed by atoms with Gasteiger partial charge in [-0.2, -0.15) is 0 Å². The molecule has 33 heavy (non-hydrogen) atoms. The SMILES string of the molecule is CCc1nncn1CCNC(=NCC1CCCCC1)NCCc1ccc(OC)c(OC)c1.I. The Labute approximate surface area is 215 Å². The van der Waals surface area contributed by atoms with Gasteiger partial charge in [-0.3, -0.25) is 4.99 Å². The lowest BCUT2D eigenvalue weighted by Crippen LogP contribution is -2.40. The van der Waals surface area contributed by atoms with Crippen LogP contribution in [0.1, 0.15) is 50.4 Å². The first-order valence-corrected chi connectivity index (χ1v) is 11.8. The van der Waals surface area contributed by atoms with E-state index < -0.39 is 0 Å². The van der Waals surface area contributed by atoms with Crippen molar-refractivity contribution in [3.63, 3.8) is 0 Å². The highest BCUT2D eigenvalue weighted by molar-refractivity contribution is 14.0. The van der Waals surface area contributed by atoms with Gasteiger partial charge < -0.3 is 24.7 Å². The van der Waals surface area contributed by atoms with Crippen LogP contribution in [0, 0.1) is 5.92 Å². The zero-order chi connectivity index (χ0) is 22.6. The fraction of sp³-hybridized carbons (Fsp3) is 0.625. The molecule has 0 aliphatic heterocycles. The minimum Gasteiger partial charge on any atom is -0.493 e. The van der Waals surface area contributed by atoms with E-state index >= 15 is 0 Å². The number of hydrogen-bond donors (Lipinski definition) is 2. The molecule has 0 spiro atoms. The van der Waals surface area contributed by atoms with Crippen molar-refractivity contribution in [1.29, 1.82) is 0 Å². The topological polar surface area (TPSA) is 85.6 Å². The third kappa shape index (κ3) is 8.68. The minimum absolute atomic E-state index is 0. The Bertz CT molecular complexity index is 851. The molecular weight excluding hydrogens is 531 g/mol. The largest absolute Gasteiger partial charge is 0.493 e. The Kier molecular flexibility index (Phi) is 12.3. The standard InChI is InChI=1S/C24H38N6O2.HI/c1-4-23-29-28-18-30(23)15-14-26-24(27-17-20-8-6-5-7-9-20)25-13-12-19-10-11-21(31-2)22(16-19)32-3;/h10-11,16,18,20H,4-9,12-15,17H2,1-3H3,(H2,25,26,27);1H. The molecule has 0 unspecified atom stereocenters. The van der Waals surface area contributed by atoms with E-state index in [1.807, 2.05) is 12.1 Å². The van der Waals surface area contributed by atoms with Crippen molar-refractivity contribution in [2.45, 2.75) is 58.4 Å².